The van der Waals surface area contributed by atoms with Crippen LogP contribution < -0.4 is 0 Å². The molecule has 2 aromatic heterocycles. The summed E-state index contributed by atoms with van der Waals surface area (Å²) in [6.45, 7) is 0. The zero-order valence-electron chi connectivity index (χ0n) is 8.45. The normalized spacial score (nSPS) is 11.8. The maximum Gasteiger partial charge on any atom is 0.419 e. The third kappa shape index (κ3) is 2.58. The van der Waals surface area contributed by atoms with Gasteiger partial charge in [0, 0.05) is 18.3 Å². The summed E-state index contributed by atoms with van der Waals surface area (Å²) in [5, 5.41) is 3.61. The smallest absolute Gasteiger partial charge is 0.237 e. The third-order valence-corrected chi connectivity index (χ3v) is 2.42. The Bertz CT molecular complexity index is 504. The van der Waals surface area contributed by atoms with Crippen LogP contribution in [0.5, 0.6) is 0 Å². The van der Waals surface area contributed by atoms with Gasteiger partial charge >= 0.3 is 6.18 Å². The van der Waals surface area contributed by atoms with Gasteiger partial charge in [0.05, 0.1) is 11.8 Å². The Morgan fingerprint density at radius 1 is 1.24 bits per heavy atom. The highest BCUT2D eigenvalue weighted by atomic mass is 35.5. The van der Waals surface area contributed by atoms with Gasteiger partial charge in [-0.1, -0.05) is 6.07 Å². The van der Waals surface area contributed by atoms with Gasteiger partial charge < -0.3 is 0 Å². The molecule has 0 aliphatic carbocycles. The van der Waals surface area contributed by atoms with E-state index >= 15 is 0 Å². The first-order valence-electron chi connectivity index (χ1n) is 4.64. The second-order valence-corrected chi connectivity index (χ2v) is 3.60. The van der Waals surface area contributed by atoms with Crippen LogP contribution in [0.25, 0.3) is 5.82 Å². The van der Waals surface area contributed by atoms with Crippen molar-refractivity contribution >= 4 is 11.6 Å². The second kappa shape index (κ2) is 4.37. The molecule has 0 bridgehead atoms. The van der Waals surface area contributed by atoms with E-state index in [0.717, 1.165) is 22.6 Å². The van der Waals surface area contributed by atoms with E-state index in [1.54, 1.807) is 12.1 Å². The quantitative estimate of drug-likeness (QED) is 0.778. The van der Waals surface area contributed by atoms with Crippen molar-refractivity contribution in [1.29, 1.82) is 0 Å². The van der Waals surface area contributed by atoms with E-state index in [0.29, 0.717) is 11.7 Å². The predicted octanol–water partition coefficient (Wildman–Crippen LogP) is 3.02. The van der Waals surface area contributed by atoms with Gasteiger partial charge in [0.15, 0.2) is 5.82 Å². The molecule has 7 heteroatoms. The molecule has 2 aromatic rings. The highest BCUT2D eigenvalue weighted by Crippen LogP contribution is 2.28. The molecule has 17 heavy (non-hydrogen) atoms. The molecule has 0 aliphatic heterocycles. The van der Waals surface area contributed by atoms with Crippen molar-refractivity contribution in [2.75, 3.05) is 0 Å². The van der Waals surface area contributed by atoms with E-state index in [-0.39, 0.29) is 0 Å². The largest absolute Gasteiger partial charge is 0.419 e. The Morgan fingerprint density at radius 3 is 2.47 bits per heavy atom. The van der Waals surface area contributed by atoms with Crippen molar-refractivity contribution in [2.45, 2.75) is 12.1 Å². The van der Waals surface area contributed by atoms with Crippen LogP contribution in [0.15, 0.2) is 30.7 Å². The standard InChI is InChI=1S/C10H7ClF3N3/c11-3-7-1-2-9(15-4-7)17-6-8(5-16-17)10(12,13)14/h1-2,4-6H,3H2. The minimum absolute atomic E-state index is 0.306. The van der Waals surface area contributed by atoms with Crippen molar-refractivity contribution in [3.8, 4) is 5.82 Å². The van der Waals surface area contributed by atoms with Gasteiger partial charge in [-0.2, -0.15) is 18.3 Å². The van der Waals surface area contributed by atoms with Crippen molar-refractivity contribution in [2.24, 2.45) is 0 Å². The Balaban J connectivity index is 2.30. The molecular formula is C10H7ClF3N3. The molecule has 0 atom stereocenters. The molecule has 0 aromatic carbocycles. The number of halogens is 4. The molecule has 3 nitrogen and oxygen atoms in total. The minimum Gasteiger partial charge on any atom is -0.237 e. The van der Waals surface area contributed by atoms with Crippen LogP contribution in [0.1, 0.15) is 11.1 Å². The molecule has 0 saturated heterocycles. The number of aromatic nitrogens is 3. The molecule has 0 saturated carbocycles. The lowest BCUT2D eigenvalue weighted by atomic mass is 10.3. The van der Waals surface area contributed by atoms with Crippen molar-refractivity contribution < 1.29 is 13.2 Å². The first-order valence-corrected chi connectivity index (χ1v) is 5.17. The van der Waals surface area contributed by atoms with E-state index in [1.165, 1.54) is 6.20 Å². The lowest BCUT2D eigenvalue weighted by Gasteiger charge is -2.02. The molecule has 2 rings (SSSR count). The third-order valence-electron chi connectivity index (χ3n) is 2.11. The number of rotatable bonds is 2. The predicted molar refractivity (Wildman–Crippen MR) is 55.9 cm³/mol. The zero-order valence-corrected chi connectivity index (χ0v) is 9.20. The molecule has 0 aliphatic rings. The maximum absolute atomic E-state index is 12.3. The molecule has 0 spiro atoms. The van der Waals surface area contributed by atoms with E-state index in [2.05, 4.69) is 10.1 Å². The summed E-state index contributed by atoms with van der Waals surface area (Å²) in [5.74, 6) is 0.620. The Labute approximate surface area is 99.8 Å². The highest BCUT2D eigenvalue weighted by molar-refractivity contribution is 6.17. The van der Waals surface area contributed by atoms with E-state index in [4.69, 9.17) is 11.6 Å². The molecule has 0 fully saturated rings. The van der Waals surface area contributed by atoms with Crippen LogP contribution in [-0.4, -0.2) is 14.8 Å². The second-order valence-electron chi connectivity index (χ2n) is 3.33. The average Bonchev–Trinajstić information content (AvgIpc) is 2.78. The molecule has 90 valence electrons. The van der Waals surface area contributed by atoms with Gasteiger partial charge in [-0.25, -0.2) is 9.67 Å². The van der Waals surface area contributed by atoms with Crippen molar-refractivity contribution in [1.82, 2.24) is 14.8 Å². The van der Waals surface area contributed by atoms with Crippen LogP contribution in [0.2, 0.25) is 0 Å². The number of pyridine rings is 1. The van der Waals surface area contributed by atoms with Crippen LogP contribution in [0.3, 0.4) is 0 Å². The van der Waals surface area contributed by atoms with Gasteiger partial charge in [-0.3, -0.25) is 0 Å². The summed E-state index contributed by atoms with van der Waals surface area (Å²) in [7, 11) is 0. The van der Waals surface area contributed by atoms with Crippen LogP contribution in [0.4, 0.5) is 13.2 Å². The van der Waals surface area contributed by atoms with Crippen LogP contribution >= 0.6 is 11.6 Å². The molecule has 0 amide bonds. The van der Waals surface area contributed by atoms with Crippen molar-refractivity contribution in [3.63, 3.8) is 0 Å². The summed E-state index contributed by atoms with van der Waals surface area (Å²) < 4.78 is 38.1. The number of hydrogen-bond acceptors (Lipinski definition) is 2. The summed E-state index contributed by atoms with van der Waals surface area (Å²) >= 11 is 5.58. The fourth-order valence-corrected chi connectivity index (χ4v) is 1.38. The number of alkyl halides is 4. The van der Waals surface area contributed by atoms with E-state index in [1.807, 2.05) is 0 Å². The Kier molecular flexibility index (Phi) is 3.06. The van der Waals surface area contributed by atoms with E-state index < -0.39 is 11.7 Å². The lowest BCUT2D eigenvalue weighted by Crippen LogP contribution is -2.03. The van der Waals surface area contributed by atoms with Gasteiger partial charge in [-0.15, -0.1) is 11.6 Å². The van der Waals surface area contributed by atoms with Crippen LogP contribution in [-0.2, 0) is 12.1 Å². The molecule has 0 N–H and O–H groups in total. The fraction of sp³-hybridized carbons (Fsp3) is 0.200. The average molecular weight is 262 g/mol. The monoisotopic (exact) mass is 261 g/mol. The first kappa shape index (κ1) is 11.9. The van der Waals surface area contributed by atoms with Crippen LogP contribution in [0, 0.1) is 0 Å². The Hall–Kier alpha value is -1.56. The number of nitrogens with zero attached hydrogens (tertiary/aromatic N) is 3. The summed E-state index contributed by atoms with van der Waals surface area (Å²) in [5.41, 5.74) is -0.0145. The fourth-order valence-electron chi connectivity index (χ4n) is 1.23. The molecule has 0 unspecified atom stereocenters. The Morgan fingerprint density at radius 2 is 2.00 bits per heavy atom. The zero-order chi connectivity index (χ0) is 12.5. The summed E-state index contributed by atoms with van der Waals surface area (Å²) in [4.78, 5) is 3.96. The van der Waals surface area contributed by atoms with Crippen molar-refractivity contribution in [3.05, 3.63) is 41.9 Å². The lowest BCUT2D eigenvalue weighted by molar-refractivity contribution is -0.137. The highest BCUT2D eigenvalue weighted by Gasteiger charge is 2.32. The van der Waals surface area contributed by atoms with Gasteiger partial charge in [-0.05, 0) is 11.6 Å². The topological polar surface area (TPSA) is 30.7 Å². The molecular weight excluding hydrogens is 255 g/mol. The van der Waals surface area contributed by atoms with E-state index in [9.17, 15) is 13.2 Å². The molecule has 2 heterocycles. The first-order chi connectivity index (χ1) is 8.00. The van der Waals surface area contributed by atoms with Gasteiger partial charge in [0.25, 0.3) is 0 Å². The van der Waals surface area contributed by atoms with Gasteiger partial charge in [0.1, 0.15) is 0 Å². The maximum atomic E-state index is 12.3. The van der Waals surface area contributed by atoms with Gasteiger partial charge in [0.2, 0.25) is 0 Å². The SMILES string of the molecule is FC(F)(F)c1cnn(-c2ccc(CCl)cn2)c1. The number of hydrogen-bond donors (Lipinski definition) is 0. The molecule has 0 radical (unpaired) electrons. The minimum atomic E-state index is -4.39. The summed E-state index contributed by atoms with van der Waals surface area (Å²) in [6.07, 6.45) is -1.24. The summed E-state index contributed by atoms with van der Waals surface area (Å²) in [6, 6.07) is 3.25.